The number of nitrogens with zero attached hydrogens (tertiary/aromatic N) is 3. The van der Waals surface area contributed by atoms with Crippen molar-refractivity contribution in [1.29, 1.82) is 0 Å². The third kappa shape index (κ3) is 2.08. The molecule has 0 aromatic carbocycles. The molecule has 2 heterocycles. The average molecular weight is 249 g/mol. The molecule has 8 heteroatoms. The van der Waals surface area contributed by atoms with Crippen molar-refractivity contribution in [2.45, 2.75) is 6.92 Å². The third-order valence-corrected chi connectivity index (χ3v) is 2.18. The molecule has 3 N–H and O–H groups in total. The van der Waals surface area contributed by atoms with E-state index in [1.165, 1.54) is 23.0 Å². The van der Waals surface area contributed by atoms with E-state index in [1.54, 1.807) is 6.92 Å². The van der Waals surface area contributed by atoms with Gasteiger partial charge in [0.1, 0.15) is 12.1 Å². The van der Waals surface area contributed by atoms with Gasteiger partial charge in [-0.2, -0.15) is 5.10 Å². The van der Waals surface area contributed by atoms with E-state index < -0.39 is 5.97 Å². The minimum absolute atomic E-state index is 0.0184. The second kappa shape index (κ2) is 4.70. The standard InChI is InChI=1S/C10H11N5O3/c1-2-18-10(17)8-9(11)15(5-12-8)6-3-4-7(16)14-13-6/h3-5H,2,11H2,1H3,(H,14,16). The molecule has 0 radical (unpaired) electrons. The molecule has 0 unspecified atom stereocenters. The molecular formula is C10H11N5O3. The number of esters is 1. The van der Waals surface area contributed by atoms with Crippen molar-refractivity contribution in [3.8, 4) is 5.82 Å². The Kier molecular flexibility index (Phi) is 3.09. The Labute approximate surface area is 101 Å². The number of aromatic nitrogens is 4. The van der Waals surface area contributed by atoms with Crippen LogP contribution >= 0.6 is 0 Å². The molecule has 2 aromatic heterocycles. The first kappa shape index (κ1) is 11.8. The van der Waals surface area contributed by atoms with Crippen LogP contribution < -0.4 is 11.3 Å². The summed E-state index contributed by atoms with van der Waals surface area (Å²) in [6.45, 7) is 1.93. The Morgan fingerprint density at radius 3 is 2.94 bits per heavy atom. The lowest BCUT2D eigenvalue weighted by Crippen LogP contribution is -2.12. The van der Waals surface area contributed by atoms with Crippen molar-refractivity contribution in [3.05, 3.63) is 34.5 Å². The molecule has 0 saturated carbocycles. The molecule has 0 saturated heterocycles. The van der Waals surface area contributed by atoms with Crippen LogP contribution in [0.25, 0.3) is 5.82 Å². The maximum atomic E-state index is 11.5. The molecule has 0 atom stereocenters. The number of aromatic amines is 1. The lowest BCUT2D eigenvalue weighted by Gasteiger charge is -2.03. The normalized spacial score (nSPS) is 10.3. The number of ether oxygens (including phenoxy) is 1. The van der Waals surface area contributed by atoms with Crippen molar-refractivity contribution in [3.63, 3.8) is 0 Å². The Morgan fingerprint density at radius 1 is 1.56 bits per heavy atom. The Hall–Kier alpha value is -2.64. The molecule has 0 bridgehead atoms. The molecule has 0 aliphatic heterocycles. The predicted molar refractivity (Wildman–Crippen MR) is 62.3 cm³/mol. The minimum atomic E-state index is -0.599. The number of hydrogen-bond acceptors (Lipinski definition) is 6. The summed E-state index contributed by atoms with van der Waals surface area (Å²) in [5.41, 5.74) is 5.46. The van der Waals surface area contributed by atoms with Crippen LogP contribution in [0, 0.1) is 0 Å². The average Bonchev–Trinajstić information content (AvgIpc) is 2.73. The van der Waals surface area contributed by atoms with E-state index in [2.05, 4.69) is 15.2 Å². The molecule has 2 rings (SSSR count). The Balaban J connectivity index is 2.39. The minimum Gasteiger partial charge on any atom is -0.461 e. The number of carbonyl (C=O) groups is 1. The van der Waals surface area contributed by atoms with E-state index in [-0.39, 0.29) is 23.7 Å². The highest BCUT2D eigenvalue weighted by Crippen LogP contribution is 2.15. The molecule has 8 nitrogen and oxygen atoms in total. The lowest BCUT2D eigenvalue weighted by molar-refractivity contribution is 0.0521. The van der Waals surface area contributed by atoms with Gasteiger partial charge in [0.2, 0.25) is 0 Å². The molecule has 18 heavy (non-hydrogen) atoms. The molecule has 0 spiro atoms. The van der Waals surface area contributed by atoms with Gasteiger partial charge in [-0.05, 0) is 13.0 Å². The molecule has 0 amide bonds. The van der Waals surface area contributed by atoms with E-state index in [1.807, 2.05) is 0 Å². The third-order valence-electron chi connectivity index (χ3n) is 2.18. The first-order chi connectivity index (χ1) is 8.63. The number of H-pyrrole nitrogens is 1. The van der Waals surface area contributed by atoms with Gasteiger partial charge in [0.15, 0.2) is 11.5 Å². The van der Waals surface area contributed by atoms with Gasteiger partial charge >= 0.3 is 5.97 Å². The molecule has 94 valence electrons. The van der Waals surface area contributed by atoms with Crippen LogP contribution in [-0.4, -0.2) is 32.3 Å². The summed E-state index contributed by atoms with van der Waals surface area (Å²) in [4.78, 5) is 26.3. The number of anilines is 1. The van der Waals surface area contributed by atoms with Crippen molar-refractivity contribution < 1.29 is 9.53 Å². The lowest BCUT2D eigenvalue weighted by atomic mass is 10.4. The maximum Gasteiger partial charge on any atom is 0.360 e. The van der Waals surface area contributed by atoms with Gasteiger partial charge < -0.3 is 10.5 Å². The van der Waals surface area contributed by atoms with Crippen LogP contribution in [0.1, 0.15) is 17.4 Å². The van der Waals surface area contributed by atoms with Gasteiger partial charge in [-0.15, -0.1) is 0 Å². The van der Waals surface area contributed by atoms with Gasteiger partial charge in [0.05, 0.1) is 6.61 Å². The zero-order chi connectivity index (χ0) is 13.1. The van der Waals surface area contributed by atoms with Crippen molar-refractivity contribution in [1.82, 2.24) is 19.7 Å². The van der Waals surface area contributed by atoms with Crippen LogP contribution in [0.2, 0.25) is 0 Å². The van der Waals surface area contributed by atoms with Crippen LogP contribution in [0.4, 0.5) is 5.82 Å². The molecule has 0 aliphatic rings. The van der Waals surface area contributed by atoms with Gasteiger partial charge in [-0.1, -0.05) is 0 Å². The topological polar surface area (TPSA) is 116 Å². The second-order valence-corrected chi connectivity index (χ2v) is 3.35. The van der Waals surface area contributed by atoms with E-state index in [9.17, 15) is 9.59 Å². The number of nitrogens with one attached hydrogen (secondary N) is 1. The van der Waals surface area contributed by atoms with Crippen molar-refractivity contribution >= 4 is 11.8 Å². The molecule has 0 aliphatic carbocycles. The van der Waals surface area contributed by atoms with Gasteiger partial charge in [0.25, 0.3) is 5.56 Å². The Bertz CT molecular complexity index is 610. The monoisotopic (exact) mass is 249 g/mol. The second-order valence-electron chi connectivity index (χ2n) is 3.35. The highest BCUT2D eigenvalue weighted by Gasteiger charge is 2.17. The van der Waals surface area contributed by atoms with E-state index in [0.29, 0.717) is 5.82 Å². The van der Waals surface area contributed by atoms with Crippen molar-refractivity contribution in [2.24, 2.45) is 0 Å². The predicted octanol–water partition coefficient (Wildman–Crippen LogP) is -0.286. The number of rotatable bonds is 3. The maximum absolute atomic E-state index is 11.5. The fraction of sp³-hybridized carbons (Fsp3) is 0.200. The first-order valence-electron chi connectivity index (χ1n) is 5.19. The highest BCUT2D eigenvalue weighted by molar-refractivity contribution is 5.92. The fourth-order valence-electron chi connectivity index (χ4n) is 1.37. The zero-order valence-electron chi connectivity index (χ0n) is 9.58. The summed E-state index contributed by atoms with van der Waals surface area (Å²) in [5.74, 6) is -0.138. The summed E-state index contributed by atoms with van der Waals surface area (Å²) >= 11 is 0. The largest absolute Gasteiger partial charge is 0.461 e. The van der Waals surface area contributed by atoms with Crippen molar-refractivity contribution in [2.75, 3.05) is 12.3 Å². The summed E-state index contributed by atoms with van der Waals surface area (Å²) in [6.07, 6.45) is 1.34. The van der Waals surface area contributed by atoms with Crippen LogP contribution in [0.5, 0.6) is 0 Å². The SMILES string of the molecule is CCOC(=O)c1ncn(-c2ccc(=O)[nH]n2)c1N. The van der Waals surface area contributed by atoms with Gasteiger partial charge in [0, 0.05) is 6.07 Å². The highest BCUT2D eigenvalue weighted by atomic mass is 16.5. The van der Waals surface area contributed by atoms with Gasteiger partial charge in [-0.3, -0.25) is 9.36 Å². The van der Waals surface area contributed by atoms with E-state index in [4.69, 9.17) is 10.5 Å². The summed E-state index contributed by atoms with van der Waals surface area (Å²) in [6, 6.07) is 2.76. The van der Waals surface area contributed by atoms with E-state index in [0.717, 1.165) is 0 Å². The summed E-state index contributed by atoms with van der Waals surface area (Å²) < 4.78 is 6.18. The van der Waals surface area contributed by atoms with Crippen LogP contribution in [0.15, 0.2) is 23.3 Å². The zero-order valence-corrected chi connectivity index (χ0v) is 9.58. The van der Waals surface area contributed by atoms with Crippen LogP contribution in [-0.2, 0) is 4.74 Å². The Morgan fingerprint density at radius 2 is 2.33 bits per heavy atom. The van der Waals surface area contributed by atoms with Crippen LogP contribution in [0.3, 0.4) is 0 Å². The smallest absolute Gasteiger partial charge is 0.360 e. The molecule has 2 aromatic rings. The van der Waals surface area contributed by atoms with Gasteiger partial charge in [-0.25, -0.2) is 14.9 Å². The quantitative estimate of drug-likeness (QED) is 0.722. The first-order valence-corrected chi connectivity index (χ1v) is 5.19. The number of imidazole rings is 1. The molecule has 0 fully saturated rings. The van der Waals surface area contributed by atoms with E-state index >= 15 is 0 Å². The number of carbonyl (C=O) groups excluding carboxylic acids is 1. The number of hydrogen-bond donors (Lipinski definition) is 2. The number of nitrogens with two attached hydrogens (primary N) is 1. The molecular weight excluding hydrogens is 238 g/mol. The number of nitrogen functional groups attached to an aromatic ring is 1. The fourth-order valence-corrected chi connectivity index (χ4v) is 1.37. The summed E-state index contributed by atoms with van der Waals surface area (Å²) in [7, 11) is 0. The summed E-state index contributed by atoms with van der Waals surface area (Å²) in [5, 5.41) is 6.04.